The number of aromatic nitrogens is 1. The Kier molecular flexibility index (Phi) is 6.50. The van der Waals surface area contributed by atoms with E-state index in [0.29, 0.717) is 30.5 Å². The molecule has 1 aromatic carbocycles. The number of aliphatic imine (C=N–C) groups is 1. The van der Waals surface area contributed by atoms with Crippen molar-refractivity contribution in [3.05, 3.63) is 46.7 Å². The first-order valence-electron chi connectivity index (χ1n) is 9.26. The number of halogens is 1. The van der Waals surface area contributed by atoms with Crippen LogP contribution in [0.4, 0.5) is 0 Å². The Morgan fingerprint density at radius 2 is 2.15 bits per heavy atom. The van der Waals surface area contributed by atoms with Gasteiger partial charge in [0.25, 0.3) is 0 Å². The van der Waals surface area contributed by atoms with E-state index in [0.717, 1.165) is 36.8 Å². The molecule has 1 aromatic heterocycles. The molecule has 0 atom stereocenters. The van der Waals surface area contributed by atoms with Gasteiger partial charge in [-0.3, -0.25) is 4.99 Å². The first-order valence-corrected chi connectivity index (χ1v) is 9.64. The van der Waals surface area contributed by atoms with Crippen molar-refractivity contribution in [3.63, 3.8) is 0 Å². The van der Waals surface area contributed by atoms with Crippen LogP contribution in [0.3, 0.4) is 0 Å². The van der Waals surface area contributed by atoms with Gasteiger partial charge in [0.1, 0.15) is 13.2 Å². The average Bonchev–Trinajstić information content (AvgIpc) is 3.05. The van der Waals surface area contributed by atoms with Crippen molar-refractivity contribution in [2.24, 2.45) is 12.0 Å². The molecule has 7 heteroatoms. The molecular formula is C20H27ClN4O2. The summed E-state index contributed by atoms with van der Waals surface area (Å²) in [5.41, 5.74) is 2.33. The molecule has 1 N–H and O–H groups in total. The fourth-order valence-electron chi connectivity index (χ4n) is 3.05. The van der Waals surface area contributed by atoms with Gasteiger partial charge in [-0.15, -0.1) is 0 Å². The number of nitrogens with one attached hydrogen (secondary N) is 1. The third kappa shape index (κ3) is 4.89. The second-order valence-corrected chi connectivity index (χ2v) is 6.96. The molecule has 0 saturated heterocycles. The first kappa shape index (κ1) is 19.4. The van der Waals surface area contributed by atoms with Gasteiger partial charge in [-0.2, -0.15) is 0 Å². The third-order valence-corrected chi connectivity index (χ3v) is 4.75. The number of ether oxygens (including phenoxy) is 2. The molecule has 0 saturated carbocycles. The Hall–Kier alpha value is -2.34. The highest BCUT2D eigenvalue weighted by Crippen LogP contribution is 2.38. The highest BCUT2D eigenvalue weighted by atomic mass is 35.5. The van der Waals surface area contributed by atoms with Crippen LogP contribution in [0, 0.1) is 0 Å². The zero-order valence-corrected chi connectivity index (χ0v) is 16.9. The molecule has 2 aromatic rings. The Morgan fingerprint density at radius 1 is 1.33 bits per heavy atom. The topological polar surface area (TPSA) is 51.0 Å². The van der Waals surface area contributed by atoms with Crippen molar-refractivity contribution in [3.8, 4) is 11.5 Å². The Labute approximate surface area is 165 Å². The molecule has 0 spiro atoms. The lowest BCUT2D eigenvalue weighted by Gasteiger charge is -2.22. The summed E-state index contributed by atoms with van der Waals surface area (Å²) < 4.78 is 13.3. The van der Waals surface area contributed by atoms with Crippen LogP contribution in [0.15, 0.2) is 35.5 Å². The second kappa shape index (κ2) is 9.04. The van der Waals surface area contributed by atoms with Crippen LogP contribution in [0.5, 0.6) is 11.5 Å². The largest absolute Gasteiger partial charge is 0.486 e. The molecule has 0 fully saturated rings. The summed E-state index contributed by atoms with van der Waals surface area (Å²) in [4.78, 5) is 6.90. The van der Waals surface area contributed by atoms with E-state index < -0.39 is 0 Å². The summed E-state index contributed by atoms with van der Waals surface area (Å²) in [5.74, 6) is 2.26. The van der Waals surface area contributed by atoms with Crippen LogP contribution in [0.25, 0.3) is 0 Å². The van der Waals surface area contributed by atoms with E-state index in [1.54, 1.807) is 0 Å². The third-order valence-electron chi connectivity index (χ3n) is 4.47. The number of fused-ring (bicyclic) bond motifs is 1. The van der Waals surface area contributed by atoms with Crippen LogP contribution in [-0.2, 0) is 20.0 Å². The second-order valence-electron chi connectivity index (χ2n) is 6.55. The molecule has 146 valence electrons. The van der Waals surface area contributed by atoms with Crippen molar-refractivity contribution in [1.82, 2.24) is 14.8 Å². The predicted octanol–water partition coefficient (Wildman–Crippen LogP) is 3.09. The maximum absolute atomic E-state index is 6.32. The van der Waals surface area contributed by atoms with Crippen molar-refractivity contribution in [2.45, 2.75) is 19.9 Å². The Balaban J connectivity index is 1.65. The van der Waals surface area contributed by atoms with Gasteiger partial charge < -0.3 is 24.3 Å². The standard InChI is InChI=1S/C20H27ClN4O2/c1-4-22-20(25(3)14-16-6-5-9-24(16)2)23-8-7-15-12-17(21)19-18(13-15)26-10-11-27-19/h5-6,9,12-13H,4,7-8,10-11,14H2,1-3H3,(H,22,23). The summed E-state index contributed by atoms with van der Waals surface area (Å²) >= 11 is 6.32. The summed E-state index contributed by atoms with van der Waals surface area (Å²) in [7, 11) is 4.11. The van der Waals surface area contributed by atoms with Gasteiger partial charge in [-0.25, -0.2) is 0 Å². The lowest BCUT2D eigenvalue weighted by Crippen LogP contribution is -2.39. The number of hydrogen-bond acceptors (Lipinski definition) is 3. The molecular weight excluding hydrogens is 364 g/mol. The van der Waals surface area contributed by atoms with E-state index in [2.05, 4.69) is 54.1 Å². The predicted molar refractivity (Wildman–Crippen MR) is 109 cm³/mol. The highest BCUT2D eigenvalue weighted by Gasteiger charge is 2.16. The lowest BCUT2D eigenvalue weighted by molar-refractivity contribution is 0.171. The molecule has 0 unspecified atom stereocenters. The van der Waals surface area contributed by atoms with E-state index >= 15 is 0 Å². The molecule has 1 aliphatic rings. The van der Waals surface area contributed by atoms with Crippen LogP contribution >= 0.6 is 11.6 Å². The SMILES string of the molecule is CCNC(=NCCc1cc(Cl)c2c(c1)OCCO2)N(C)Cc1cccn1C. The molecule has 0 bridgehead atoms. The fourth-order valence-corrected chi connectivity index (χ4v) is 3.34. The molecule has 3 rings (SSSR count). The van der Waals surface area contributed by atoms with Crippen LogP contribution in [0.1, 0.15) is 18.2 Å². The van der Waals surface area contributed by atoms with Crippen molar-refractivity contribution < 1.29 is 9.47 Å². The Morgan fingerprint density at radius 3 is 2.89 bits per heavy atom. The molecule has 0 aliphatic carbocycles. The van der Waals surface area contributed by atoms with E-state index in [4.69, 9.17) is 26.1 Å². The number of aryl methyl sites for hydroxylation is 1. The van der Waals surface area contributed by atoms with Gasteiger partial charge in [0.2, 0.25) is 0 Å². The van der Waals surface area contributed by atoms with Gasteiger partial charge in [0.15, 0.2) is 17.5 Å². The molecule has 6 nitrogen and oxygen atoms in total. The number of rotatable bonds is 6. The zero-order valence-electron chi connectivity index (χ0n) is 16.2. The lowest BCUT2D eigenvalue weighted by atomic mass is 10.1. The van der Waals surface area contributed by atoms with E-state index in [-0.39, 0.29) is 0 Å². The number of nitrogens with zero attached hydrogens (tertiary/aromatic N) is 3. The van der Waals surface area contributed by atoms with Crippen LogP contribution in [0.2, 0.25) is 5.02 Å². The Bertz CT molecular complexity index is 803. The van der Waals surface area contributed by atoms with Gasteiger partial charge in [-0.05, 0) is 43.2 Å². The molecule has 0 amide bonds. The zero-order chi connectivity index (χ0) is 19.2. The van der Waals surface area contributed by atoms with Gasteiger partial charge >= 0.3 is 0 Å². The summed E-state index contributed by atoms with van der Waals surface area (Å²) in [6.45, 7) is 5.45. The van der Waals surface area contributed by atoms with E-state index in [9.17, 15) is 0 Å². The smallest absolute Gasteiger partial charge is 0.194 e. The van der Waals surface area contributed by atoms with Gasteiger partial charge in [0.05, 0.1) is 11.6 Å². The fraction of sp³-hybridized carbons (Fsp3) is 0.450. The summed E-state index contributed by atoms with van der Waals surface area (Å²) in [5, 5.41) is 3.95. The normalized spacial score (nSPS) is 13.6. The number of hydrogen-bond donors (Lipinski definition) is 1. The quantitative estimate of drug-likeness (QED) is 0.608. The minimum atomic E-state index is 0.538. The minimum absolute atomic E-state index is 0.538. The maximum atomic E-state index is 6.32. The van der Waals surface area contributed by atoms with E-state index in [1.807, 2.05) is 12.1 Å². The monoisotopic (exact) mass is 390 g/mol. The van der Waals surface area contributed by atoms with Gasteiger partial charge in [0, 0.05) is 39.1 Å². The molecule has 1 aliphatic heterocycles. The van der Waals surface area contributed by atoms with Crippen molar-refractivity contribution in [2.75, 3.05) is 33.4 Å². The van der Waals surface area contributed by atoms with Crippen LogP contribution < -0.4 is 14.8 Å². The minimum Gasteiger partial charge on any atom is -0.486 e. The summed E-state index contributed by atoms with van der Waals surface area (Å²) in [6.07, 6.45) is 2.84. The van der Waals surface area contributed by atoms with Gasteiger partial charge in [-0.1, -0.05) is 11.6 Å². The number of guanidine groups is 1. The number of benzene rings is 1. The van der Waals surface area contributed by atoms with Crippen LogP contribution in [-0.4, -0.2) is 48.8 Å². The molecule has 27 heavy (non-hydrogen) atoms. The molecule has 0 radical (unpaired) electrons. The first-order chi connectivity index (χ1) is 13.1. The van der Waals surface area contributed by atoms with Crippen molar-refractivity contribution >= 4 is 17.6 Å². The molecule has 2 heterocycles. The van der Waals surface area contributed by atoms with Crippen molar-refractivity contribution in [1.29, 1.82) is 0 Å². The highest BCUT2D eigenvalue weighted by molar-refractivity contribution is 6.32. The summed E-state index contributed by atoms with van der Waals surface area (Å²) in [6, 6.07) is 8.11. The maximum Gasteiger partial charge on any atom is 0.194 e. The average molecular weight is 391 g/mol. The van der Waals surface area contributed by atoms with E-state index in [1.165, 1.54) is 5.69 Å².